The predicted octanol–water partition coefficient (Wildman–Crippen LogP) is 2.90. The van der Waals surface area contributed by atoms with E-state index in [9.17, 15) is 0 Å². The van der Waals surface area contributed by atoms with Crippen LogP contribution in [-0.4, -0.2) is 19.3 Å². The monoisotopic (exact) mass is 247 g/mol. The standard InChI is InChI=1S/C11H15Cl2NO/c1-7(15-2)11(14)6-8-9(12)4-3-5-10(8)13/h3-5,7,11H,6,14H2,1-2H3. The highest BCUT2D eigenvalue weighted by Gasteiger charge is 2.15. The van der Waals surface area contributed by atoms with Gasteiger partial charge in [0, 0.05) is 23.2 Å². The summed E-state index contributed by atoms with van der Waals surface area (Å²) in [4.78, 5) is 0. The van der Waals surface area contributed by atoms with Gasteiger partial charge in [-0.1, -0.05) is 29.3 Å². The lowest BCUT2D eigenvalue weighted by molar-refractivity contribution is 0.0956. The number of nitrogens with two attached hydrogens (primary N) is 1. The summed E-state index contributed by atoms with van der Waals surface area (Å²) in [7, 11) is 1.64. The van der Waals surface area contributed by atoms with E-state index in [1.54, 1.807) is 7.11 Å². The van der Waals surface area contributed by atoms with Gasteiger partial charge in [0.1, 0.15) is 0 Å². The molecule has 0 saturated carbocycles. The number of benzene rings is 1. The Balaban J connectivity index is 2.80. The Morgan fingerprint density at radius 2 is 1.87 bits per heavy atom. The van der Waals surface area contributed by atoms with E-state index in [1.165, 1.54) is 0 Å². The molecule has 2 nitrogen and oxygen atoms in total. The summed E-state index contributed by atoms with van der Waals surface area (Å²) in [5, 5.41) is 1.31. The molecule has 15 heavy (non-hydrogen) atoms. The average Bonchev–Trinajstić information content (AvgIpc) is 2.22. The van der Waals surface area contributed by atoms with Gasteiger partial charge in [-0.05, 0) is 31.0 Å². The smallest absolute Gasteiger partial charge is 0.0697 e. The summed E-state index contributed by atoms with van der Waals surface area (Å²) in [6.45, 7) is 1.93. The molecule has 1 aromatic carbocycles. The lowest BCUT2D eigenvalue weighted by Gasteiger charge is -2.19. The summed E-state index contributed by atoms with van der Waals surface area (Å²) < 4.78 is 5.15. The van der Waals surface area contributed by atoms with Crippen LogP contribution < -0.4 is 5.73 Å². The summed E-state index contributed by atoms with van der Waals surface area (Å²) in [5.41, 5.74) is 6.84. The second-order valence-electron chi connectivity index (χ2n) is 3.51. The molecule has 0 spiro atoms. The first-order valence-electron chi connectivity index (χ1n) is 4.77. The molecule has 0 heterocycles. The molecule has 0 aliphatic heterocycles. The molecule has 1 rings (SSSR count). The zero-order valence-corrected chi connectivity index (χ0v) is 10.3. The first-order valence-corrected chi connectivity index (χ1v) is 5.53. The zero-order valence-electron chi connectivity index (χ0n) is 8.84. The van der Waals surface area contributed by atoms with Gasteiger partial charge in [-0.25, -0.2) is 0 Å². The first kappa shape index (κ1) is 12.8. The Morgan fingerprint density at radius 1 is 1.33 bits per heavy atom. The molecule has 0 radical (unpaired) electrons. The Labute approximate surface area is 100 Å². The predicted molar refractivity (Wildman–Crippen MR) is 64.6 cm³/mol. The Morgan fingerprint density at radius 3 is 2.33 bits per heavy atom. The van der Waals surface area contributed by atoms with Crippen molar-refractivity contribution in [2.45, 2.75) is 25.5 Å². The van der Waals surface area contributed by atoms with Crippen LogP contribution in [0.1, 0.15) is 12.5 Å². The van der Waals surface area contributed by atoms with Crippen molar-refractivity contribution in [3.05, 3.63) is 33.8 Å². The first-order chi connectivity index (χ1) is 7.06. The topological polar surface area (TPSA) is 35.2 Å². The molecular weight excluding hydrogens is 233 g/mol. The Bertz CT molecular complexity index is 310. The van der Waals surface area contributed by atoms with Gasteiger partial charge in [-0.3, -0.25) is 0 Å². The number of hydrogen-bond donors (Lipinski definition) is 1. The maximum Gasteiger partial charge on any atom is 0.0697 e. The van der Waals surface area contributed by atoms with Crippen molar-refractivity contribution in [2.75, 3.05) is 7.11 Å². The fourth-order valence-electron chi connectivity index (χ4n) is 1.30. The third kappa shape index (κ3) is 3.35. The van der Waals surface area contributed by atoms with Crippen molar-refractivity contribution in [3.8, 4) is 0 Å². The third-order valence-electron chi connectivity index (χ3n) is 2.48. The molecule has 0 aliphatic rings. The fourth-order valence-corrected chi connectivity index (χ4v) is 1.86. The number of hydrogen-bond acceptors (Lipinski definition) is 2. The molecule has 0 amide bonds. The van der Waals surface area contributed by atoms with Crippen molar-refractivity contribution in [1.82, 2.24) is 0 Å². The van der Waals surface area contributed by atoms with Crippen LogP contribution in [0.4, 0.5) is 0 Å². The molecule has 0 bridgehead atoms. The average molecular weight is 248 g/mol. The number of halogens is 2. The van der Waals surface area contributed by atoms with Crippen LogP contribution in [-0.2, 0) is 11.2 Å². The molecule has 0 aromatic heterocycles. The molecule has 2 atom stereocenters. The molecule has 2 unspecified atom stereocenters. The lowest BCUT2D eigenvalue weighted by atomic mass is 10.0. The molecule has 4 heteroatoms. The number of ether oxygens (including phenoxy) is 1. The molecule has 84 valence electrons. The summed E-state index contributed by atoms with van der Waals surface area (Å²) in [5.74, 6) is 0. The second kappa shape index (κ2) is 5.71. The van der Waals surface area contributed by atoms with Gasteiger partial charge in [0.15, 0.2) is 0 Å². The van der Waals surface area contributed by atoms with Crippen LogP contribution in [0, 0.1) is 0 Å². The summed E-state index contributed by atoms with van der Waals surface area (Å²) in [6.07, 6.45) is 0.602. The van der Waals surface area contributed by atoms with E-state index in [0.717, 1.165) is 5.56 Å². The van der Waals surface area contributed by atoms with Crippen molar-refractivity contribution >= 4 is 23.2 Å². The Kier molecular flexibility index (Phi) is 4.87. The molecule has 0 fully saturated rings. The summed E-state index contributed by atoms with van der Waals surface area (Å²) >= 11 is 12.1. The highest BCUT2D eigenvalue weighted by Crippen LogP contribution is 2.25. The molecule has 0 aliphatic carbocycles. The Hall–Kier alpha value is -0.280. The minimum absolute atomic E-state index is 0.0164. The maximum atomic E-state index is 6.04. The summed E-state index contributed by atoms with van der Waals surface area (Å²) in [6, 6.07) is 5.34. The molecule has 0 saturated heterocycles. The lowest BCUT2D eigenvalue weighted by Crippen LogP contribution is -2.35. The van der Waals surface area contributed by atoms with Gasteiger partial charge in [0.25, 0.3) is 0 Å². The van der Waals surface area contributed by atoms with Gasteiger partial charge >= 0.3 is 0 Å². The number of methoxy groups -OCH3 is 1. The second-order valence-corrected chi connectivity index (χ2v) is 4.32. The van der Waals surface area contributed by atoms with E-state index in [4.69, 9.17) is 33.7 Å². The normalized spacial score (nSPS) is 15.0. The third-order valence-corrected chi connectivity index (χ3v) is 3.18. The quantitative estimate of drug-likeness (QED) is 0.889. The van der Waals surface area contributed by atoms with Crippen molar-refractivity contribution in [2.24, 2.45) is 5.73 Å². The fraction of sp³-hybridized carbons (Fsp3) is 0.455. The van der Waals surface area contributed by atoms with E-state index >= 15 is 0 Å². The van der Waals surface area contributed by atoms with Crippen molar-refractivity contribution in [3.63, 3.8) is 0 Å². The van der Waals surface area contributed by atoms with Gasteiger partial charge in [0.05, 0.1) is 6.10 Å². The van der Waals surface area contributed by atoms with Gasteiger partial charge < -0.3 is 10.5 Å². The van der Waals surface area contributed by atoms with E-state index in [-0.39, 0.29) is 12.1 Å². The van der Waals surface area contributed by atoms with Crippen LogP contribution in [0.2, 0.25) is 10.0 Å². The minimum atomic E-state index is -0.104. The highest BCUT2D eigenvalue weighted by atomic mass is 35.5. The van der Waals surface area contributed by atoms with E-state index in [2.05, 4.69) is 0 Å². The van der Waals surface area contributed by atoms with Crippen LogP contribution in [0.5, 0.6) is 0 Å². The minimum Gasteiger partial charge on any atom is -0.380 e. The van der Waals surface area contributed by atoms with Gasteiger partial charge in [-0.15, -0.1) is 0 Å². The van der Waals surface area contributed by atoms with E-state index in [1.807, 2.05) is 25.1 Å². The number of rotatable bonds is 4. The molecular formula is C11H15Cl2NO. The van der Waals surface area contributed by atoms with Gasteiger partial charge in [-0.2, -0.15) is 0 Å². The highest BCUT2D eigenvalue weighted by molar-refractivity contribution is 6.35. The van der Waals surface area contributed by atoms with E-state index in [0.29, 0.717) is 16.5 Å². The van der Waals surface area contributed by atoms with Crippen LogP contribution in [0.3, 0.4) is 0 Å². The van der Waals surface area contributed by atoms with Crippen LogP contribution >= 0.6 is 23.2 Å². The van der Waals surface area contributed by atoms with Crippen LogP contribution in [0.25, 0.3) is 0 Å². The SMILES string of the molecule is COC(C)C(N)Cc1c(Cl)cccc1Cl. The molecule has 2 N–H and O–H groups in total. The maximum absolute atomic E-state index is 6.04. The van der Waals surface area contributed by atoms with E-state index < -0.39 is 0 Å². The van der Waals surface area contributed by atoms with Crippen LogP contribution in [0.15, 0.2) is 18.2 Å². The zero-order chi connectivity index (χ0) is 11.4. The largest absolute Gasteiger partial charge is 0.380 e. The van der Waals surface area contributed by atoms with Crippen molar-refractivity contribution < 1.29 is 4.74 Å². The van der Waals surface area contributed by atoms with Gasteiger partial charge in [0.2, 0.25) is 0 Å². The van der Waals surface area contributed by atoms with Crippen molar-refractivity contribution in [1.29, 1.82) is 0 Å². The molecule has 1 aromatic rings.